The van der Waals surface area contributed by atoms with Crippen LogP contribution in [0.4, 0.5) is 17.6 Å². The van der Waals surface area contributed by atoms with Crippen LogP contribution in [0.15, 0.2) is 30.8 Å². The lowest BCUT2D eigenvalue weighted by molar-refractivity contribution is 0.0747. The van der Waals surface area contributed by atoms with Crippen LogP contribution in [0.3, 0.4) is 0 Å². The molecule has 0 bridgehead atoms. The molecule has 1 fully saturated rings. The number of amides is 1. The molecule has 1 aromatic heterocycles. The van der Waals surface area contributed by atoms with Crippen LogP contribution in [-0.4, -0.2) is 33.2 Å². The molecule has 0 N–H and O–H groups in total. The number of halogens is 4. The highest BCUT2D eigenvalue weighted by Crippen LogP contribution is 2.33. The second-order valence-electron chi connectivity index (χ2n) is 6.25. The zero-order valence-electron chi connectivity index (χ0n) is 14.1. The quantitative estimate of drug-likeness (QED) is 0.725. The van der Waals surface area contributed by atoms with E-state index in [1.165, 1.54) is 23.1 Å². The average molecular weight is 367 g/mol. The number of carbonyl (C=O) groups is 1. The van der Waals surface area contributed by atoms with Gasteiger partial charge in [0.2, 0.25) is 5.95 Å². The maximum absolute atomic E-state index is 14.2. The molecule has 0 aliphatic heterocycles. The molecule has 0 saturated heterocycles. The highest BCUT2D eigenvalue weighted by atomic mass is 19.3. The second kappa shape index (κ2) is 6.93. The molecule has 2 aromatic rings. The van der Waals surface area contributed by atoms with E-state index in [0.717, 1.165) is 7.05 Å². The first-order valence-corrected chi connectivity index (χ1v) is 8.04. The lowest BCUT2D eigenvalue weighted by Crippen LogP contribution is -2.35. The molecule has 1 aliphatic rings. The highest BCUT2D eigenvalue weighted by Gasteiger charge is 2.38. The third-order valence-electron chi connectivity index (χ3n) is 4.27. The van der Waals surface area contributed by atoms with Gasteiger partial charge in [-0.1, -0.05) is 18.7 Å². The van der Waals surface area contributed by atoms with Crippen molar-refractivity contribution in [2.24, 2.45) is 7.05 Å². The van der Waals surface area contributed by atoms with Crippen LogP contribution in [0.5, 0.6) is 0 Å². The molecule has 0 radical (unpaired) electrons. The van der Waals surface area contributed by atoms with Gasteiger partial charge in [-0.3, -0.25) is 4.79 Å². The summed E-state index contributed by atoms with van der Waals surface area (Å²) in [4.78, 5) is 14.1. The van der Waals surface area contributed by atoms with Crippen LogP contribution in [0.25, 0.3) is 5.57 Å². The molecular formula is C18H17F4N3O. The standard InChI is InChI=1S/C18H17F4N3O/c1-10(11-4-3-5-12(19)8-11)9-25(13-6-7-13)18(26)14-15(16(20)21)23-24(2)17(14)22/h3-5,8,13,16H,1,6-7,9H2,2H3. The van der Waals surface area contributed by atoms with E-state index in [-0.39, 0.29) is 12.6 Å². The summed E-state index contributed by atoms with van der Waals surface area (Å²) in [6.07, 6.45) is -1.69. The first-order chi connectivity index (χ1) is 12.3. The van der Waals surface area contributed by atoms with E-state index in [4.69, 9.17) is 0 Å². The van der Waals surface area contributed by atoms with Crippen molar-refractivity contribution < 1.29 is 22.4 Å². The Hall–Kier alpha value is -2.64. The molecule has 1 aromatic carbocycles. The molecule has 8 heteroatoms. The predicted octanol–water partition coefficient (Wildman–Crippen LogP) is 3.95. The lowest BCUT2D eigenvalue weighted by Gasteiger charge is -2.23. The summed E-state index contributed by atoms with van der Waals surface area (Å²) >= 11 is 0. The Bertz CT molecular complexity index is 858. The summed E-state index contributed by atoms with van der Waals surface area (Å²) in [5.41, 5.74) is -0.671. The number of hydrogen-bond donors (Lipinski definition) is 0. The van der Waals surface area contributed by atoms with Gasteiger partial charge in [0.1, 0.15) is 17.1 Å². The normalized spacial score (nSPS) is 13.9. The van der Waals surface area contributed by atoms with Crippen LogP contribution < -0.4 is 0 Å². The Morgan fingerprint density at radius 1 is 1.38 bits per heavy atom. The van der Waals surface area contributed by atoms with Crippen LogP contribution in [0, 0.1) is 11.8 Å². The van der Waals surface area contributed by atoms with Crippen molar-refractivity contribution in [3.63, 3.8) is 0 Å². The van der Waals surface area contributed by atoms with Gasteiger partial charge >= 0.3 is 0 Å². The van der Waals surface area contributed by atoms with E-state index < -0.39 is 35.4 Å². The van der Waals surface area contributed by atoms with Gasteiger partial charge in [-0.25, -0.2) is 17.9 Å². The fourth-order valence-corrected chi connectivity index (χ4v) is 2.78. The molecule has 0 atom stereocenters. The van der Waals surface area contributed by atoms with Crippen molar-refractivity contribution in [3.8, 4) is 0 Å². The van der Waals surface area contributed by atoms with Crippen molar-refractivity contribution >= 4 is 11.5 Å². The van der Waals surface area contributed by atoms with Crippen LogP contribution in [0.1, 0.15) is 40.9 Å². The Balaban J connectivity index is 1.89. The highest BCUT2D eigenvalue weighted by molar-refractivity contribution is 5.96. The number of rotatable bonds is 6. The number of carbonyl (C=O) groups excluding carboxylic acids is 1. The van der Waals surface area contributed by atoms with Gasteiger partial charge in [-0.05, 0) is 36.1 Å². The Morgan fingerprint density at radius 3 is 2.65 bits per heavy atom. The number of benzene rings is 1. The Labute approximate surface area is 147 Å². The van der Waals surface area contributed by atoms with Gasteiger partial charge in [0.05, 0.1) is 0 Å². The van der Waals surface area contributed by atoms with E-state index >= 15 is 0 Å². The van der Waals surface area contributed by atoms with Crippen molar-refractivity contribution in [2.45, 2.75) is 25.3 Å². The second-order valence-corrected chi connectivity index (χ2v) is 6.25. The SMILES string of the molecule is C=C(CN(C(=O)c1c(C(F)F)nn(C)c1F)C1CC1)c1cccc(F)c1. The summed E-state index contributed by atoms with van der Waals surface area (Å²) < 4.78 is 54.6. The average Bonchev–Trinajstić information content (AvgIpc) is 3.38. The molecule has 0 spiro atoms. The van der Waals surface area contributed by atoms with Crippen molar-refractivity contribution in [2.75, 3.05) is 6.54 Å². The molecule has 3 rings (SSSR count). The van der Waals surface area contributed by atoms with Gasteiger partial charge in [0, 0.05) is 19.6 Å². The van der Waals surface area contributed by atoms with Gasteiger partial charge in [0.25, 0.3) is 12.3 Å². The Morgan fingerprint density at radius 2 is 2.08 bits per heavy atom. The smallest absolute Gasteiger partial charge is 0.283 e. The molecule has 1 amide bonds. The van der Waals surface area contributed by atoms with E-state index in [9.17, 15) is 22.4 Å². The van der Waals surface area contributed by atoms with E-state index in [2.05, 4.69) is 11.7 Å². The van der Waals surface area contributed by atoms with E-state index in [1.54, 1.807) is 6.07 Å². The fourth-order valence-electron chi connectivity index (χ4n) is 2.78. The zero-order chi connectivity index (χ0) is 19.0. The third kappa shape index (κ3) is 3.49. The summed E-state index contributed by atoms with van der Waals surface area (Å²) in [5.74, 6) is -2.41. The predicted molar refractivity (Wildman–Crippen MR) is 87.6 cm³/mol. The first kappa shape index (κ1) is 18.2. The molecule has 1 aliphatic carbocycles. The molecule has 4 nitrogen and oxygen atoms in total. The maximum Gasteiger partial charge on any atom is 0.283 e. The van der Waals surface area contributed by atoms with Gasteiger partial charge < -0.3 is 4.90 Å². The lowest BCUT2D eigenvalue weighted by atomic mass is 10.1. The molecule has 0 unspecified atom stereocenters. The summed E-state index contributed by atoms with van der Waals surface area (Å²) in [7, 11) is 1.16. The Kier molecular flexibility index (Phi) is 4.84. The van der Waals surface area contributed by atoms with E-state index in [1.807, 2.05) is 0 Å². The monoisotopic (exact) mass is 367 g/mol. The number of aromatic nitrogens is 2. The minimum atomic E-state index is -3.07. The molecular weight excluding hydrogens is 350 g/mol. The minimum absolute atomic E-state index is 0.00995. The zero-order valence-corrected chi connectivity index (χ0v) is 14.1. The molecule has 26 heavy (non-hydrogen) atoms. The first-order valence-electron chi connectivity index (χ1n) is 8.04. The van der Waals surface area contributed by atoms with Crippen LogP contribution in [0.2, 0.25) is 0 Å². The number of alkyl halides is 2. The van der Waals surface area contributed by atoms with Crippen LogP contribution in [-0.2, 0) is 7.05 Å². The summed E-state index contributed by atoms with van der Waals surface area (Å²) in [6, 6.07) is 5.51. The van der Waals surface area contributed by atoms with Crippen molar-refractivity contribution in [1.82, 2.24) is 14.7 Å². The number of aryl methyl sites for hydroxylation is 1. The third-order valence-corrected chi connectivity index (χ3v) is 4.27. The molecule has 1 saturated carbocycles. The van der Waals surface area contributed by atoms with Gasteiger partial charge in [0.15, 0.2) is 0 Å². The summed E-state index contributed by atoms with van der Waals surface area (Å²) in [5, 5.41) is 3.41. The maximum atomic E-state index is 14.2. The minimum Gasteiger partial charge on any atom is -0.331 e. The van der Waals surface area contributed by atoms with Crippen molar-refractivity contribution in [3.05, 3.63) is 59.4 Å². The van der Waals surface area contributed by atoms with Gasteiger partial charge in [-0.2, -0.15) is 9.49 Å². The molecule has 1 heterocycles. The molecule has 138 valence electrons. The van der Waals surface area contributed by atoms with Crippen LogP contribution >= 0.6 is 0 Å². The summed E-state index contributed by atoms with van der Waals surface area (Å²) in [6.45, 7) is 3.84. The van der Waals surface area contributed by atoms with Gasteiger partial charge in [-0.15, -0.1) is 0 Å². The van der Waals surface area contributed by atoms with E-state index in [0.29, 0.717) is 28.7 Å². The largest absolute Gasteiger partial charge is 0.331 e. The number of nitrogens with zero attached hydrogens (tertiary/aromatic N) is 3. The topological polar surface area (TPSA) is 38.1 Å². The number of hydrogen-bond acceptors (Lipinski definition) is 2. The fraction of sp³-hybridized carbons (Fsp3) is 0.333. The van der Waals surface area contributed by atoms with Crippen molar-refractivity contribution in [1.29, 1.82) is 0 Å².